The zero-order chi connectivity index (χ0) is 20.6. The van der Waals surface area contributed by atoms with E-state index in [1.165, 1.54) is 37.7 Å². The molecule has 1 aromatic carbocycles. The van der Waals surface area contributed by atoms with E-state index in [-0.39, 0.29) is 18.2 Å². The molecule has 1 aromatic rings. The molecule has 0 spiro atoms. The number of benzene rings is 1. The van der Waals surface area contributed by atoms with E-state index in [1.807, 2.05) is 12.1 Å². The van der Waals surface area contributed by atoms with Crippen LogP contribution in [0.3, 0.4) is 0 Å². The first-order chi connectivity index (χ1) is 14.0. The molecule has 0 aromatic heterocycles. The van der Waals surface area contributed by atoms with Gasteiger partial charge in [0, 0.05) is 0 Å². The van der Waals surface area contributed by atoms with Gasteiger partial charge in [0.1, 0.15) is 11.4 Å². The fraction of sp³-hybridized carbons (Fsp3) is 0.731. The predicted octanol–water partition coefficient (Wildman–Crippen LogP) is 6.36. The van der Waals surface area contributed by atoms with Gasteiger partial charge in [0.05, 0.1) is 0 Å². The Balaban J connectivity index is 1.42. The number of hydrogen-bond donors (Lipinski definition) is 0. The average Bonchev–Trinajstić information content (AvgIpc) is 2.73. The summed E-state index contributed by atoms with van der Waals surface area (Å²) >= 11 is 0. The molecule has 2 unspecified atom stereocenters. The van der Waals surface area contributed by atoms with Crippen LogP contribution in [-0.2, 0) is 9.53 Å². The molecular weight excluding hydrogens is 360 g/mol. The Kier molecular flexibility index (Phi) is 5.95. The van der Waals surface area contributed by atoms with Gasteiger partial charge in [-0.05, 0) is 98.1 Å². The van der Waals surface area contributed by atoms with Gasteiger partial charge in [-0.2, -0.15) is 0 Å². The highest BCUT2D eigenvalue weighted by molar-refractivity contribution is 5.72. The largest absolute Gasteiger partial charge is 0.482 e. The lowest BCUT2D eigenvalue weighted by molar-refractivity contribution is -0.228. The van der Waals surface area contributed by atoms with Gasteiger partial charge in [-0.25, -0.2) is 4.79 Å². The molecule has 29 heavy (non-hydrogen) atoms. The summed E-state index contributed by atoms with van der Waals surface area (Å²) in [6.07, 6.45) is 8.60. The zero-order valence-electron chi connectivity index (χ0n) is 18.7. The first kappa shape index (κ1) is 20.8. The van der Waals surface area contributed by atoms with E-state index < -0.39 is 0 Å². The molecule has 3 nitrogen and oxygen atoms in total. The molecule has 4 fully saturated rings. The Labute approximate surface area is 176 Å². The van der Waals surface area contributed by atoms with Crippen molar-refractivity contribution in [3.05, 3.63) is 29.8 Å². The highest BCUT2D eigenvalue weighted by atomic mass is 16.6. The van der Waals surface area contributed by atoms with Crippen molar-refractivity contribution in [3.8, 4) is 5.75 Å². The van der Waals surface area contributed by atoms with Crippen molar-refractivity contribution >= 4 is 5.97 Å². The molecule has 0 amide bonds. The van der Waals surface area contributed by atoms with Crippen molar-refractivity contribution in [2.24, 2.45) is 29.6 Å². The third kappa shape index (κ3) is 3.82. The summed E-state index contributed by atoms with van der Waals surface area (Å²) in [7, 11) is 0. The molecule has 4 bridgehead atoms. The van der Waals surface area contributed by atoms with Crippen LogP contribution in [0, 0.1) is 29.6 Å². The number of carbonyl (C=O) groups is 1. The Morgan fingerprint density at radius 3 is 2.07 bits per heavy atom. The summed E-state index contributed by atoms with van der Waals surface area (Å²) in [6, 6.07) is 8.16. The molecule has 2 atom stereocenters. The number of esters is 1. The number of hydrogen-bond acceptors (Lipinski definition) is 3. The van der Waals surface area contributed by atoms with Crippen LogP contribution in [0.4, 0.5) is 0 Å². The Bertz CT molecular complexity index is 679. The molecule has 160 valence electrons. The molecule has 4 saturated carbocycles. The van der Waals surface area contributed by atoms with Crippen LogP contribution in [0.1, 0.15) is 84.1 Å². The zero-order valence-corrected chi connectivity index (χ0v) is 18.7. The fourth-order valence-corrected chi connectivity index (χ4v) is 6.81. The van der Waals surface area contributed by atoms with Gasteiger partial charge in [0.2, 0.25) is 0 Å². The minimum absolute atomic E-state index is 0.00710. The second-order valence-electron chi connectivity index (χ2n) is 10.1. The summed E-state index contributed by atoms with van der Waals surface area (Å²) < 4.78 is 12.2. The van der Waals surface area contributed by atoms with Crippen LogP contribution in [0.25, 0.3) is 0 Å². The highest BCUT2D eigenvalue weighted by Gasteiger charge is 2.61. The number of ether oxygens (including phenoxy) is 2. The summed E-state index contributed by atoms with van der Waals surface area (Å²) in [4.78, 5) is 12.9. The fourth-order valence-electron chi connectivity index (χ4n) is 6.81. The van der Waals surface area contributed by atoms with Crippen molar-refractivity contribution < 1.29 is 14.3 Å². The third-order valence-electron chi connectivity index (χ3n) is 8.51. The second kappa shape index (κ2) is 8.32. The second-order valence-corrected chi connectivity index (χ2v) is 10.1. The maximum Gasteiger partial charge on any atom is 0.344 e. The van der Waals surface area contributed by atoms with Crippen molar-refractivity contribution in [1.82, 2.24) is 0 Å². The molecule has 0 heterocycles. The first-order valence-corrected chi connectivity index (χ1v) is 11.9. The van der Waals surface area contributed by atoms with Crippen molar-refractivity contribution in [3.63, 3.8) is 0 Å². The lowest BCUT2D eigenvalue weighted by Gasteiger charge is -2.62. The third-order valence-corrected chi connectivity index (χ3v) is 8.51. The van der Waals surface area contributed by atoms with Crippen molar-refractivity contribution in [2.45, 2.75) is 84.2 Å². The summed E-state index contributed by atoms with van der Waals surface area (Å²) in [5.41, 5.74) is 1.05. The van der Waals surface area contributed by atoms with Gasteiger partial charge < -0.3 is 9.47 Å². The normalized spacial score (nSPS) is 34.6. The molecule has 5 rings (SSSR count). The van der Waals surface area contributed by atoms with Crippen molar-refractivity contribution in [2.75, 3.05) is 6.61 Å². The number of rotatable bonds is 8. The van der Waals surface area contributed by atoms with Crippen LogP contribution in [0.2, 0.25) is 0 Å². The van der Waals surface area contributed by atoms with Crippen LogP contribution in [0.15, 0.2) is 24.3 Å². The molecule has 3 heteroatoms. The summed E-state index contributed by atoms with van der Waals surface area (Å²) in [6.45, 7) is 8.97. The predicted molar refractivity (Wildman–Crippen MR) is 116 cm³/mol. The smallest absolute Gasteiger partial charge is 0.344 e. The van der Waals surface area contributed by atoms with Gasteiger partial charge in [0.15, 0.2) is 6.61 Å². The molecule has 0 saturated heterocycles. The Hall–Kier alpha value is -1.51. The Morgan fingerprint density at radius 1 is 0.966 bits per heavy atom. The molecule has 4 aliphatic rings. The lowest BCUT2D eigenvalue weighted by Crippen LogP contribution is -2.63. The molecule has 0 radical (unpaired) electrons. The van der Waals surface area contributed by atoms with E-state index in [9.17, 15) is 4.79 Å². The van der Waals surface area contributed by atoms with Gasteiger partial charge >= 0.3 is 5.97 Å². The van der Waals surface area contributed by atoms with E-state index >= 15 is 0 Å². The van der Waals surface area contributed by atoms with Crippen LogP contribution >= 0.6 is 0 Å². The highest BCUT2D eigenvalue weighted by Crippen LogP contribution is 2.62. The average molecular weight is 399 g/mol. The monoisotopic (exact) mass is 398 g/mol. The van der Waals surface area contributed by atoms with Crippen LogP contribution in [0.5, 0.6) is 5.75 Å². The van der Waals surface area contributed by atoms with Crippen molar-refractivity contribution in [1.29, 1.82) is 0 Å². The van der Waals surface area contributed by atoms with Gasteiger partial charge in [-0.1, -0.05) is 39.8 Å². The lowest BCUT2D eigenvalue weighted by atomic mass is 9.47. The van der Waals surface area contributed by atoms with Crippen LogP contribution in [-0.4, -0.2) is 18.2 Å². The van der Waals surface area contributed by atoms with Gasteiger partial charge in [-0.15, -0.1) is 0 Å². The standard InChI is InChI=1S/C26H38O3/c1-5-17(3)21-7-9-24(10-8-21)28-16-25(27)29-26(18(4)6-2)22-12-19-11-20(14-22)15-23(26)13-19/h7-10,17-20,22-23H,5-6,11-16H2,1-4H3. The van der Waals surface area contributed by atoms with E-state index in [4.69, 9.17) is 9.47 Å². The molecule has 4 aliphatic carbocycles. The maximum absolute atomic E-state index is 12.9. The summed E-state index contributed by atoms with van der Waals surface area (Å²) in [5, 5.41) is 0. The topological polar surface area (TPSA) is 35.5 Å². The van der Waals surface area contributed by atoms with E-state index in [0.29, 0.717) is 23.7 Å². The maximum atomic E-state index is 12.9. The summed E-state index contributed by atoms with van der Waals surface area (Å²) in [5.74, 6) is 4.35. The molecule has 0 aliphatic heterocycles. The first-order valence-electron chi connectivity index (χ1n) is 11.9. The SMILES string of the molecule is CCC(C)c1ccc(OCC(=O)OC2(C(C)CC)C3CC4CC(C3)CC2C4)cc1. The van der Waals surface area contributed by atoms with Crippen LogP contribution < -0.4 is 4.74 Å². The van der Waals surface area contributed by atoms with E-state index in [1.54, 1.807) is 0 Å². The minimum Gasteiger partial charge on any atom is -0.482 e. The molecular formula is C26H38O3. The van der Waals surface area contributed by atoms with E-state index in [0.717, 1.165) is 30.4 Å². The van der Waals surface area contributed by atoms with Gasteiger partial charge in [0.25, 0.3) is 0 Å². The minimum atomic E-state index is -0.261. The van der Waals surface area contributed by atoms with Gasteiger partial charge in [-0.3, -0.25) is 0 Å². The van der Waals surface area contributed by atoms with E-state index in [2.05, 4.69) is 39.8 Å². The Morgan fingerprint density at radius 2 is 1.55 bits per heavy atom. The molecule has 0 N–H and O–H groups in total. The quantitative estimate of drug-likeness (QED) is 0.478. The number of carbonyl (C=O) groups excluding carboxylic acids is 1.